The van der Waals surface area contributed by atoms with E-state index in [0.717, 1.165) is 17.1 Å². The van der Waals surface area contributed by atoms with Crippen LogP contribution < -0.4 is 9.47 Å². The van der Waals surface area contributed by atoms with Crippen molar-refractivity contribution < 1.29 is 18.7 Å². The third kappa shape index (κ3) is 4.03. The Balaban J connectivity index is 1.80. The number of carbonyl (C=O) groups excluding carboxylic acids is 1. The quantitative estimate of drug-likeness (QED) is 0.558. The Hall–Kier alpha value is -3.08. The number of ketones is 1. The van der Waals surface area contributed by atoms with Crippen molar-refractivity contribution in [2.24, 2.45) is 0 Å². The molecular weight excluding hydrogens is 345 g/mol. The molecule has 4 nitrogen and oxygen atoms in total. The number of rotatable bonds is 7. The smallest absolute Gasteiger partial charge is 0.202 e. The molecule has 0 aliphatic carbocycles. The Morgan fingerprint density at radius 2 is 1.63 bits per heavy atom. The van der Waals surface area contributed by atoms with Gasteiger partial charge in [-0.3, -0.25) is 4.79 Å². The highest BCUT2D eigenvalue weighted by atomic mass is 19.1. The number of halogens is 1. The number of nitrogens with zero attached hydrogens (tertiary/aromatic N) is 1. The zero-order valence-corrected chi connectivity index (χ0v) is 15.7. The lowest BCUT2D eigenvalue weighted by Gasteiger charge is -2.12. The van der Waals surface area contributed by atoms with Crippen molar-refractivity contribution in [1.29, 1.82) is 0 Å². The molecule has 27 heavy (non-hydrogen) atoms. The largest absolute Gasteiger partial charge is 0.490 e. The second-order valence-electron chi connectivity index (χ2n) is 6.19. The van der Waals surface area contributed by atoms with E-state index in [-0.39, 0.29) is 18.2 Å². The first-order valence-corrected chi connectivity index (χ1v) is 8.84. The van der Waals surface area contributed by atoms with E-state index in [0.29, 0.717) is 23.7 Å². The first kappa shape index (κ1) is 18.7. The van der Waals surface area contributed by atoms with Gasteiger partial charge in [0.05, 0.1) is 6.61 Å². The molecule has 0 radical (unpaired) electrons. The van der Waals surface area contributed by atoms with Gasteiger partial charge < -0.3 is 14.0 Å². The maximum Gasteiger partial charge on any atom is 0.202 e. The van der Waals surface area contributed by atoms with Crippen molar-refractivity contribution in [2.75, 3.05) is 13.2 Å². The van der Waals surface area contributed by atoms with Crippen LogP contribution in [0, 0.1) is 19.7 Å². The minimum atomic E-state index is -0.293. The molecule has 0 unspecified atom stereocenters. The Morgan fingerprint density at radius 3 is 2.26 bits per heavy atom. The fourth-order valence-electron chi connectivity index (χ4n) is 3.10. The second-order valence-corrected chi connectivity index (χ2v) is 6.19. The first-order chi connectivity index (χ1) is 13.0. The third-order valence-corrected chi connectivity index (χ3v) is 4.32. The van der Waals surface area contributed by atoms with Crippen molar-refractivity contribution in [3.05, 3.63) is 77.4 Å². The fraction of sp³-hybridized carbons (Fsp3) is 0.227. The van der Waals surface area contributed by atoms with E-state index in [1.54, 1.807) is 18.2 Å². The molecule has 0 N–H and O–H groups in total. The van der Waals surface area contributed by atoms with Crippen LogP contribution in [0.2, 0.25) is 0 Å². The molecule has 0 saturated carbocycles. The molecule has 1 heterocycles. The van der Waals surface area contributed by atoms with Gasteiger partial charge >= 0.3 is 0 Å². The highest BCUT2D eigenvalue weighted by molar-refractivity contribution is 5.98. The molecular formula is C22H22FNO3. The number of aryl methyl sites for hydroxylation is 1. The molecule has 0 fully saturated rings. The van der Waals surface area contributed by atoms with E-state index in [4.69, 9.17) is 9.47 Å². The monoisotopic (exact) mass is 367 g/mol. The van der Waals surface area contributed by atoms with Crippen LogP contribution >= 0.6 is 0 Å². The van der Waals surface area contributed by atoms with Crippen LogP contribution in [0.15, 0.2) is 54.6 Å². The predicted octanol–water partition coefficient (Wildman–Crippen LogP) is 4.89. The van der Waals surface area contributed by atoms with Crippen LogP contribution in [0.1, 0.15) is 28.7 Å². The maximum absolute atomic E-state index is 13.2. The highest BCUT2D eigenvalue weighted by Crippen LogP contribution is 2.27. The van der Waals surface area contributed by atoms with Crippen LogP contribution in [0.25, 0.3) is 5.69 Å². The Kier molecular flexibility index (Phi) is 5.60. The average molecular weight is 367 g/mol. The van der Waals surface area contributed by atoms with Crippen LogP contribution in [-0.4, -0.2) is 23.6 Å². The fourth-order valence-corrected chi connectivity index (χ4v) is 3.10. The van der Waals surface area contributed by atoms with Gasteiger partial charge in [-0.2, -0.15) is 0 Å². The molecule has 2 aromatic carbocycles. The molecule has 0 aliphatic heterocycles. The molecule has 5 heteroatoms. The maximum atomic E-state index is 13.2. The Bertz CT molecular complexity index is 945. The number of para-hydroxylation sites is 2. The van der Waals surface area contributed by atoms with Gasteiger partial charge in [0.15, 0.2) is 18.1 Å². The SMILES string of the molecule is CCOc1ccccc1OCC(=O)c1cc(C)n(-c2ccc(F)cc2)c1C. The van der Waals surface area contributed by atoms with Crippen LogP contribution in [-0.2, 0) is 0 Å². The van der Waals surface area contributed by atoms with Crippen LogP contribution in [0.3, 0.4) is 0 Å². The number of benzene rings is 2. The molecule has 0 bridgehead atoms. The van der Waals surface area contributed by atoms with Crippen molar-refractivity contribution in [1.82, 2.24) is 4.57 Å². The van der Waals surface area contributed by atoms with Crippen molar-refractivity contribution in [3.63, 3.8) is 0 Å². The molecule has 3 aromatic rings. The molecule has 0 saturated heterocycles. The Morgan fingerprint density at radius 1 is 1.00 bits per heavy atom. The Labute approximate surface area is 158 Å². The summed E-state index contributed by atoms with van der Waals surface area (Å²) in [7, 11) is 0. The van der Waals surface area contributed by atoms with Gasteiger partial charge in [-0.05, 0) is 63.2 Å². The molecule has 0 aliphatic rings. The van der Waals surface area contributed by atoms with Gasteiger partial charge in [-0.15, -0.1) is 0 Å². The molecule has 1 aromatic heterocycles. The minimum Gasteiger partial charge on any atom is -0.490 e. The standard InChI is InChI=1S/C22H22FNO3/c1-4-26-21-7-5-6-8-22(21)27-14-20(25)19-13-15(2)24(16(19)3)18-11-9-17(23)10-12-18/h5-13H,4,14H2,1-3H3. The number of aromatic nitrogens is 1. The van der Waals surface area contributed by atoms with Gasteiger partial charge in [-0.1, -0.05) is 12.1 Å². The second kappa shape index (κ2) is 8.08. The molecule has 0 spiro atoms. The minimum absolute atomic E-state index is 0.0855. The van der Waals surface area contributed by atoms with Gasteiger partial charge in [-0.25, -0.2) is 4.39 Å². The summed E-state index contributed by atoms with van der Waals surface area (Å²) in [6.45, 7) is 6.12. The van der Waals surface area contributed by atoms with Gasteiger partial charge in [0.25, 0.3) is 0 Å². The first-order valence-electron chi connectivity index (χ1n) is 8.84. The molecule has 140 valence electrons. The zero-order valence-electron chi connectivity index (χ0n) is 15.7. The summed E-state index contributed by atoms with van der Waals surface area (Å²) >= 11 is 0. The van der Waals surface area contributed by atoms with Gasteiger partial charge in [0, 0.05) is 22.6 Å². The third-order valence-electron chi connectivity index (χ3n) is 4.32. The molecule has 3 rings (SSSR count). The van der Waals surface area contributed by atoms with E-state index < -0.39 is 0 Å². The number of carbonyl (C=O) groups is 1. The zero-order chi connectivity index (χ0) is 19.4. The number of hydrogen-bond acceptors (Lipinski definition) is 3. The van der Waals surface area contributed by atoms with Crippen LogP contribution in [0.4, 0.5) is 4.39 Å². The lowest BCUT2D eigenvalue weighted by atomic mass is 10.1. The summed E-state index contributed by atoms with van der Waals surface area (Å²) in [5.41, 5.74) is 3.10. The van der Waals surface area contributed by atoms with Gasteiger partial charge in [0.1, 0.15) is 5.82 Å². The summed E-state index contributed by atoms with van der Waals surface area (Å²) < 4.78 is 26.3. The van der Waals surface area contributed by atoms with Crippen molar-refractivity contribution in [3.8, 4) is 17.2 Å². The molecule has 0 atom stereocenters. The lowest BCUT2D eigenvalue weighted by Crippen LogP contribution is -2.13. The lowest BCUT2D eigenvalue weighted by molar-refractivity contribution is 0.0918. The van der Waals surface area contributed by atoms with Gasteiger partial charge in [0.2, 0.25) is 5.78 Å². The van der Waals surface area contributed by atoms with Crippen molar-refractivity contribution in [2.45, 2.75) is 20.8 Å². The number of hydrogen-bond donors (Lipinski definition) is 0. The average Bonchev–Trinajstić information content (AvgIpc) is 2.96. The van der Waals surface area contributed by atoms with E-state index in [1.165, 1.54) is 12.1 Å². The predicted molar refractivity (Wildman–Crippen MR) is 103 cm³/mol. The topological polar surface area (TPSA) is 40.5 Å². The van der Waals surface area contributed by atoms with E-state index in [2.05, 4.69) is 0 Å². The number of Topliss-reactive ketones (excluding diaryl/α,β-unsaturated/α-hetero) is 1. The van der Waals surface area contributed by atoms with E-state index >= 15 is 0 Å². The highest BCUT2D eigenvalue weighted by Gasteiger charge is 2.18. The van der Waals surface area contributed by atoms with Crippen LogP contribution in [0.5, 0.6) is 11.5 Å². The number of ether oxygens (including phenoxy) is 2. The van der Waals surface area contributed by atoms with E-state index in [1.807, 2.05) is 49.6 Å². The summed E-state index contributed by atoms with van der Waals surface area (Å²) in [6.07, 6.45) is 0. The summed E-state index contributed by atoms with van der Waals surface area (Å²) in [6, 6.07) is 15.3. The summed E-state index contributed by atoms with van der Waals surface area (Å²) in [4.78, 5) is 12.7. The molecule has 0 amide bonds. The van der Waals surface area contributed by atoms with Crippen molar-refractivity contribution >= 4 is 5.78 Å². The summed E-state index contributed by atoms with van der Waals surface area (Å²) in [5.74, 6) is 0.742. The van der Waals surface area contributed by atoms with E-state index in [9.17, 15) is 9.18 Å². The summed E-state index contributed by atoms with van der Waals surface area (Å²) in [5, 5.41) is 0. The normalized spacial score (nSPS) is 10.7.